The fourth-order valence-corrected chi connectivity index (χ4v) is 4.26. The van der Waals surface area contributed by atoms with Gasteiger partial charge in [0.1, 0.15) is 5.69 Å². The number of carboxylic acid groups (broad SMARTS) is 1. The molecule has 2 aliphatic rings. The largest absolute Gasteiger partial charge is 0.481 e. The molecule has 22 heavy (non-hydrogen) atoms. The van der Waals surface area contributed by atoms with E-state index in [1.807, 2.05) is 4.90 Å². The van der Waals surface area contributed by atoms with Crippen molar-refractivity contribution in [2.45, 2.75) is 32.1 Å². The standard InChI is InChI=1S/C15H20ClN3O3/c1-18-13(20)11(7-12(16)17-18)19-8-10(14(21)22)15(9-19)5-3-2-4-6-15/h7,10H,2-6,8-9H2,1H3,(H,21,22). The second-order valence-corrected chi connectivity index (χ2v) is 6.86. The molecule has 1 saturated carbocycles. The maximum atomic E-state index is 12.3. The van der Waals surface area contributed by atoms with Crippen molar-refractivity contribution in [3.63, 3.8) is 0 Å². The number of carbonyl (C=O) groups is 1. The van der Waals surface area contributed by atoms with Crippen LogP contribution in [0.5, 0.6) is 0 Å². The van der Waals surface area contributed by atoms with Crippen molar-refractivity contribution in [3.05, 3.63) is 21.6 Å². The number of hydrogen-bond donors (Lipinski definition) is 1. The zero-order chi connectivity index (χ0) is 15.9. The van der Waals surface area contributed by atoms with Gasteiger partial charge in [-0.05, 0) is 12.8 Å². The number of aryl methyl sites for hydroxylation is 1. The van der Waals surface area contributed by atoms with E-state index in [4.69, 9.17) is 11.6 Å². The molecule has 1 unspecified atom stereocenters. The van der Waals surface area contributed by atoms with E-state index in [0.29, 0.717) is 18.8 Å². The number of nitrogens with zero attached hydrogens (tertiary/aromatic N) is 3. The van der Waals surface area contributed by atoms with Crippen LogP contribution in [0.3, 0.4) is 0 Å². The van der Waals surface area contributed by atoms with Gasteiger partial charge in [-0.15, -0.1) is 0 Å². The van der Waals surface area contributed by atoms with E-state index >= 15 is 0 Å². The minimum Gasteiger partial charge on any atom is -0.481 e. The third-order valence-corrected chi connectivity index (χ3v) is 5.34. The Labute approximate surface area is 133 Å². The molecule has 1 aliphatic carbocycles. The van der Waals surface area contributed by atoms with E-state index in [2.05, 4.69) is 5.10 Å². The smallest absolute Gasteiger partial charge is 0.308 e. The molecule has 1 spiro atoms. The lowest BCUT2D eigenvalue weighted by atomic mass is 9.68. The highest BCUT2D eigenvalue weighted by Gasteiger charge is 2.50. The first kappa shape index (κ1) is 15.3. The summed E-state index contributed by atoms with van der Waals surface area (Å²) in [4.78, 5) is 25.9. The Morgan fingerprint density at radius 1 is 1.41 bits per heavy atom. The third kappa shape index (κ3) is 2.49. The number of anilines is 1. The van der Waals surface area contributed by atoms with Gasteiger partial charge in [-0.2, -0.15) is 5.10 Å². The molecule has 1 saturated heterocycles. The van der Waals surface area contributed by atoms with Crippen LogP contribution in [0.25, 0.3) is 0 Å². The highest BCUT2D eigenvalue weighted by Crippen LogP contribution is 2.48. The summed E-state index contributed by atoms with van der Waals surface area (Å²) < 4.78 is 1.21. The lowest BCUT2D eigenvalue weighted by molar-refractivity contribution is -0.145. The van der Waals surface area contributed by atoms with E-state index in [1.54, 1.807) is 13.1 Å². The lowest BCUT2D eigenvalue weighted by Gasteiger charge is -2.36. The molecule has 7 heteroatoms. The molecule has 2 heterocycles. The van der Waals surface area contributed by atoms with Crippen LogP contribution in [0.1, 0.15) is 32.1 Å². The van der Waals surface area contributed by atoms with E-state index in [1.165, 1.54) is 4.68 Å². The van der Waals surface area contributed by atoms with Crippen LogP contribution in [0, 0.1) is 11.3 Å². The Balaban J connectivity index is 1.97. The van der Waals surface area contributed by atoms with Crippen molar-refractivity contribution in [1.82, 2.24) is 9.78 Å². The predicted octanol–water partition coefficient (Wildman–Crippen LogP) is 1.91. The first-order valence-electron chi connectivity index (χ1n) is 7.64. The van der Waals surface area contributed by atoms with Gasteiger partial charge in [0.15, 0.2) is 5.15 Å². The molecule has 1 aliphatic heterocycles. The lowest BCUT2D eigenvalue weighted by Crippen LogP contribution is -2.37. The van der Waals surface area contributed by atoms with E-state index < -0.39 is 11.9 Å². The molecule has 120 valence electrons. The molecule has 0 aromatic carbocycles. The van der Waals surface area contributed by atoms with Crippen LogP contribution in [0.2, 0.25) is 5.15 Å². The zero-order valence-electron chi connectivity index (χ0n) is 12.6. The number of hydrogen-bond acceptors (Lipinski definition) is 4. The SMILES string of the molecule is Cn1nc(Cl)cc(N2CC(C(=O)O)C3(CCCCC3)C2)c1=O. The summed E-state index contributed by atoms with van der Waals surface area (Å²) in [5.74, 6) is -1.19. The monoisotopic (exact) mass is 325 g/mol. The van der Waals surface area contributed by atoms with Crippen LogP contribution in [0.4, 0.5) is 5.69 Å². The van der Waals surface area contributed by atoms with Gasteiger partial charge in [0.05, 0.1) is 5.92 Å². The van der Waals surface area contributed by atoms with Gasteiger partial charge >= 0.3 is 5.97 Å². The minimum absolute atomic E-state index is 0.217. The molecule has 1 aromatic rings. The Morgan fingerprint density at radius 2 is 2.09 bits per heavy atom. The van der Waals surface area contributed by atoms with E-state index in [0.717, 1.165) is 32.1 Å². The predicted molar refractivity (Wildman–Crippen MR) is 83.3 cm³/mol. The van der Waals surface area contributed by atoms with Crippen molar-refractivity contribution in [2.24, 2.45) is 18.4 Å². The Morgan fingerprint density at radius 3 is 2.73 bits per heavy atom. The molecule has 1 N–H and O–H groups in total. The van der Waals surface area contributed by atoms with Crippen LogP contribution in [-0.2, 0) is 11.8 Å². The maximum Gasteiger partial charge on any atom is 0.308 e. The van der Waals surface area contributed by atoms with Crippen molar-refractivity contribution < 1.29 is 9.90 Å². The van der Waals surface area contributed by atoms with Gasteiger partial charge in [-0.1, -0.05) is 30.9 Å². The van der Waals surface area contributed by atoms with E-state index in [9.17, 15) is 14.7 Å². The van der Waals surface area contributed by atoms with Gasteiger partial charge in [0.25, 0.3) is 5.56 Å². The summed E-state index contributed by atoms with van der Waals surface area (Å²) in [5, 5.41) is 13.8. The van der Waals surface area contributed by atoms with Gasteiger partial charge in [0, 0.05) is 31.6 Å². The quantitative estimate of drug-likeness (QED) is 0.899. The second-order valence-electron chi connectivity index (χ2n) is 6.48. The van der Waals surface area contributed by atoms with Crippen LogP contribution < -0.4 is 10.5 Å². The number of aliphatic carboxylic acids is 1. The summed E-state index contributed by atoms with van der Waals surface area (Å²) in [6, 6.07) is 1.55. The van der Waals surface area contributed by atoms with Crippen LogP contribution in [-0.4, -0.2) is 33.9 Å². The Bertz CT molecular complexity index is 652. The molecule has 1 aromatic heterocycles. The van der Waals surface area contributed by atoms with Crippen LogP contribution in [0.15, 0.2) is 10.9 Å². The molecule has 0 amide bonds. The van der Waals surface area contributed by atoms with Gasteiger partial charge < -0.3 is 10.0 Å². The maximum absolute atomic E-state index is 12.3. The first-order valence-corrected chi connectivity index (χ1v) is 8.02. The molecule has 0 bridgehead atoms. The van der Waals surface area contributed by atoms with Gasteiger partial charge in [-0.25, -0.2) is 4.68 Å². The number of halogens is 1. The highest BCUT2D eigenvalue weighted by atomic mass is 35.5. The average Bonchev–Trinajstić information content (AvgIpc) is 2.82. The molecule has 3 rings (SSSR count). The normalized spacial score (nSPS) is 23.9. The van der Waals surface area contributed by atoms with Crippen LogP contribution >= 0.6 is 11.6 Å². The molecule has 2 fully saturated rings. The summed E-state index contributed by atoms with van der Waals surface area (Å²) in [5.41, 5.74) is 0.00258. The fourth-order valence-electron chi connectivity index (χ4n) is 4.04. The molecule has 0 radical (unpaired) electrons. The summed E-state index contributed by atoms with van der Waals surface area (Å²) in [7, 11) is 1.55. The summed E-state index contributed by atoms with van der Waals surface area (Å²) >= 11 is 5.96. The molecular weight excluding hydrogens is 306 g/mol. The highest BCUT2D eigenvalue weighted by molar-refractivity contribution is 6.29. The second kappa shape index (κ2) is 5.57. The first-order chi connectivity index (χ1) is 10.4. The Hall–Kier alpha value is -1.56. The van der Waals surface area contributed by atoms with Crippen molar-refractivity contribution in [1.29, 1.82) is 0 Å². The molecular formula is C15H20ClN3O3. The third-order valence-electron chi connectivity index (χ3n) is 5.15. The molecule has 1 atom stereocenters. The number of aromatic nitrogens is 2. The molecule has 6 nitrogen and oxygen atoms in total. The minimum atomic E-state index is -0.763. The van der Waals surface area contributed by atoms with Gasteiger partial charge in [-0.3, -0.25) is 9.59 Å². The summed E-state index contributed by atoms with van der Waals surface area (Å²) in [6.07, 6.45) is 5.12. The average molecular weight is 326 g/mol. The topological polar surface area (TPSA) is 75.4 Å². The van der Waals surface area contributed by atoms with Crippen molar-refractivity contribution in [2.75, 3.05) is 18.0 Å². The number of carboxylic acids is 1. The summed E-state index contributed by atoms with van der Waals surface area (Å²) in [6.45, 7) is 0.977. The zero-order valence-corrected chi connectivity index (χ0v) is 13.3. The van der Waals surface area contributed by atoms with Crippen molar-refractivity contribution >= 4 is 23.3 Å². The number of rotatable bonds is 2. The van der Waals surface area contributed by atoms with Crippen molar-refractivity contribution in [3.8, 4) is 0 Å². The van der Waals surface area contributed by atoms with E-state index in [-0.39, 0.29) is 16.1 Å². The van der Waals surface area contributed by atoms with Gasteiger partial charge in [0.2, 0.25) is 0 Å². The Kier molecular flexibility index (Phi) is 3.89. The fraction of sp³-hybridized carbons (Fsp3) is 0.667.